The van der Waals surface area contributed by atoms with Gasteiger partial charge in [-0.2, -0.15) is 0 Å². The van der Waals surface area contributed by atoms with E-state index >= 15 is 0 Å². The summed E-state index contributed by atoms with van der Waals surface area (Å²) in [5.74, 6) is 0.0185. The van der Waals surface area contributed by atoms with E-state index in [-0.39, 0.29) is 17.4 Å². The van der Waals surface area contributed by atoms with E-state index in [1.807, 2.05) is 20.8 Å². The number of urea groups is 1. The fourth-order valence-corrected chi connectivity index (χ4v) is 2.33. The van der Waals surface area contributed by atoms with Gasteiger partial charge in [-0.05, 0) is 33.6 Å². The van der Waals surface area contributed by atoms with Crippen molar-refractivity contribution in [3.8, 4) is 0 Å². The van der Waals surface area contributed by atoms with Gasteiger partial charge in [0.25, 0.3) is 0 Å². The molecule has 0 atom stereocenters. The van der Waals surface area contributed by atoms with Gasteiger partial charge >= 0.3 is 6.03 Å². The van der Waals surface area contributed by atoms with Crippen LogP contribution in [0.25, 0.3) is 0 Å². The molecule has 2 rings (SSSR count). The molecule has 4 nitrogen and oxygen atoms in total. The minimum Gasteiger partial charge on any atom is -0.337 e. The molecular weight excluding hydrogens is 192 g/mol. The Balaban J connectivity index is 2.28. The van der Waals surface area contributed by atoms with Crippen molar-refractivity contribution in [2.45, 2.75) is 45.6 Å². The van der Waals surface area contributed by atoms with E-state index in [1.54, 1.807) is 0 Å². The van der Waals surface area contributed by atoms with Crippen molar-refractivity contribution in [3.05, 3.63) is 0 Å². The summed E-state index contributed by atoms with van der Waals surface area (Å²) in [6.45, 7) is 6.20. The lowest BCUT2D eigenvalue weighted by molar-refractivity contribution is -0.150. The molecule has 1 N–H and O–H groups in total. The van der Waals surface area contributed by atoms with Crippen LogP contribution >= 0.6 is 0 Å². The summed E-state index contributed by atoms with van der Waals surface area (Å²) < 4.78 is 0. The fourth-order valence-electron chi connectivity index (χ4n) is 2.33. The molecule has 1 aliphatic heterocycles. The molecule has 2 fully saturated rings. The molecule has 0 aromatic heterocycles. The third kappa shape index (κ3) is 1.43. The van der Waals surface area contributed by atoms with Gasteiger partial charge in [-0.25, -0.2) is 4.79 Å². The quantitative estimate of drug-likeness (QED) is 0.658. The third-order valence-corrected chi connectivity index (χ3v) is 3.42. The maximum atomic E-state index is 12.3. The van der Waals surface area contributed by atoms with Gasteiger partial charge in [0.15, 0.2) is 0 Å². The SMILES string of the molecule is CC(C)(C)N1C(=O)NCC2(CCC2)C1=O. The molecule has 84 valence electrons. The van der Waals surface area contributed by atoms with E-state index in [0.717, 1.165) is 19.3 Å². The van der Waals surface area contributed by atoms with Crippen molar-refractivity contribution < 1.29 is 9.59 Å². The molecule has 0 bridgehead atoms. The lowest BCUT2D eigenvalue weighted by atomic mass is 9.66. The highest BCUT2D eigenvalue weighted by molar-refractivity contribution is 6.01. The van der Waals surface area contributed by atoms with Crippen molar-refractivity contribution in [2.24, 2.45) is 5.41 Å². The Hall–Kier alpha value is -1.06. The topological polar surface area (TPSA) is 49.4 Å². The zero-order valence-electron chi connectivity index (χ0n) is 9.59. The highest BCUT2D eigenvalue weighted by Gasteiger charge is 2.53. The minimum absolute atomic E-state index is 0.0185. The van der Waals surface area contributed by atoms with E-state index < -0.39 is 5.54 Å². The second kappa shape index (κ2) is 2.97. The lowest BCUT2D eigenvalue weighted by Gasteiger charge is -2.50. The van der Waals surface area contributed by atoms with Crippen LogP contribution in [0.5, 0.6) is 0 Å². The van der Waals surface area contributed by atoms with Gasteiger partial charge in [0.2, 0.25) is 5.91 Å². The minimum atomic E-state index is -0.426. The number of hydrogen-bond acceptors (Lipinski definition) is 2. The molecule has 2 aliphatic rings. The van der Waals surface area contributed by atoms with E-state index in [9.17, 15) is 9.59 Å². The molecule has 0 radical (unpaired) electrons. The Labute approximate surface area is 90.0 Å². The number of nitrogens with one attached hydrogen (secondary N) is 1. The molecule has 15 heavy (non-hydrogen) atoms. The zero-order valence-corrected chi connectivity index (χ0v) is 9.59. The molecule has 0 unspecified atom stereocenters. The fraction of sp³-hybridized carbons (Fsp3) is 0.818. The monoisotopic (exact) mass is 210 g/mol. The van der Waals surface area contributed by atoms with Crippen molar-refractivity contribution in [1.82, 2.24) is 10.2 Å². The van der Waals surface area contributed by atoms with Gasteiger partial charge in [0.05, 0.1) is 5.41 Å². The van der Waals surface area contributed by atoms with Crippen molar-refractivity contribution in [1.29, 1.82) is 0 Å². The molecule has 1 heterocycles. The molecule has 4 heteroatoms. The number of imide groups is 1. The highest BCUT2D eigenvalue weighted by atomic mass is 16.2. The zero-order chi connectivity index (χ0) is 11.3. The van der Waals surface area contributed by atoms with E-state index in [1.165, 1.54) is 4.90 Å². The summed E-state index contributed by atoms with van der Waals surface area (Å²) in [4.78, 5) is 25.3. The Morgan fingerprint density at radius 1 is 1.27 bits per heavy atom. The first-order chi connectivity index (χ1) is 6.87. The van der Waals surface area contributed by atoms with Crippen LogP contribution in [0.2, 0.25) is 0 Å². The van der Waals surface area contributed by atoms with Gasteiger partial charge in [0, 0.05) is 12.1 Å². The predicted octanol–water partition coefficient (Wildman–Crippen LogP) is 1.51. The van der Waals surface area contributed by atoms with Crippen LogP contribution in [0.1, 0.15) is 40.0 Å². The van der Waals surface area contributed by atoms with Gasteiger partial charge in [0.1, 0.15) is 0 Å². The Bertz CT molecular complexity index is 313. The number of amides is 3. The third-order valence-electron chi connectivity index (χ3n) is 3.42. The number of carbonyl (C=O) groups is 2. The summed E-state index contributed by atoms with van der Waals surface area (Å²) in [7, 11) is 0. The van der Waals surface area contributed by atoms with Crippen LogP contribution in [-0.4, -0.2) is 28.9 Å². The Morgan fingerprint density at radius 2 is 1.87 bits per heavy atom. The summed E-state index contributed by atoms with van der Waals surface area (Å²) in [6.07, 6.45) is 2.93. The van der Waals surface area contributed by atoms with Gasteiger partial charge in [-0.3, -0.25) is 9.69 Å². The lowest BCUT2D eigenvalue weighted by Crippen LogP contribution is -2.67. The summed E-state index contributed by atoms with van der Waals surface area (Å²) >= 11 is 0. The molecule has 1 saturated heterocycles. The number of rotatable bonds is 0. The van der Waals surface area contributed by atoms with E-state index in [4.69, 9.17) is 0 Å². The molecule has 3 amide bonds. The van der Waals surface area contributed by atoms with Crippen LogP contribution < -0.4 is 5.32 Å². The first kappa shape index (κ1) is 10.5. The standard InChI is InChI=1S/C11H18N2O2/c1-10(2,3)13-8(14)11(5-4-6-11)7-12-9(13)15/h4-7H2,1-3H3,(H,12,15). The van der Waals surface area contributed by atoms with E-state index in [2.05, 4.69) is 5.32 Å². The van der Waals surface area contributed by atoms with Crippen molar-refractivity contribution >= 4 is 11.9 Å². The first-order valence-corrected chi connectivity index (χ1v) is 5.49. The van der Waals surface area contributed by atoms with Crippen LogP contribution in [0, 0.1) is 5.41 Å². The van der Waals surface area contributed by atoms with Gasteiger partial charge < -0.3 is 5.32 Å². The number of hydrogen-bond donors (Lipinski definition) is 1. The molecule has 1 aliphatic carbocycles. The first-order valence-electron chi connectivity index (χ1n) is 5.49. The Morgan fingerprint density at radius 3 is 2.27 bits per heavy atom. The molecular formula is C11H18N2O2. The predicted molar refractivity (Wildman–Crippen MR) is 56.3 cm³/mol. The average Bonchev–Trinajstić information content (AvgIpc) is 1.98. The van der Waals surface area contributed by atoms with Crippen LogP contribution in [-0.2, 0) is 4.79 Å². The molecule has 1 saturated carbocycles. The highest BCUT2D eigenvalue weighted by Crippen LogP contribution is 2.44. The Kier molecular flexibility index (Phi) is 2.07. The van der Waals surface area contributed by atoms with Crippen molar-refractivity contribution in [3.63, 3.8) is 0 Å². The van der Waals surface area contributed by atoms with Gasteiger partial charge in [-0.15, -0.1) is 0 Å². The summed E-state index contributed by atoms with van der Waals surface area (Å²) in [5, 5.41) is 2.83. The van der Waals surface area contributed by atoms with E-state index in [0.29, 0.717) is 6.54 Å². The van der Waals surface area contributed by atoms with Crippen LogP contribution in [0.4, 0.5) is 4.79 Å². The molecule has 0 aromatic carbocycles. The maximum Gasteiger partial charge on any atom is 0.324 e. The molecule has 1 spiro atoms. The largest absolute Gasteiger partial charge is 0.337 e. The normalized spacial score (nSPS) is 25.1. The smallest absolute Gasteiger partial charge is 0.324 e. The van der Waals surface area contributed by atoms with Crippen molar-refractivity contribution in [2.75, 3.05) is 6.54 Å². The number of nitrogens with zero attached hydrogens (tertiary/aromatic N) is 1. The second-order valence-corrected chi connectivity index (χ2v) is 5.60. The van der Waals surface area contributed by atoms with Gasteiger partial charge in [-0.1, -0.05) is 6.42 Å². The second-order valence-electron chi connectivity index (χ2n) is 5.60. The average molecular weight is 210 g/mol. The van der Waals surface area contributed by atoms with Crippen LogP contribution in [0.15, 0.2) is 0 Å². The summed E-state index contributed by atoms with van der Waals surface area (Å²) in [5.41, 5.74) is -0.703. The maximum absolute atomic E-state index is 12.3. The number of carbonyl (C=O) groups excluding carboxylic acids is 2. The summed E-state index contributed by atoms with van der Waals surface area (Å²) in [6, 6.07) is -0.245. The molecule has 0 aromatic rings. The van der Waals surface area contributed by atoms with Crippen LogP contribution in [0.3, 0.4) is 0 Å².